The average Bonchev–Trinajstić information content (AvgIpc) is 0.722. The van der Waals surface area contributed by atoms with E-state index >= 15 is 0 Å². The maximum absolute atomic E-state index is 8.77. The average molecular weight is 187 g/mol. The van der Waals surface area contributed by atoms with Crippen molar-refractivity contribution in [3.05, 3.63) is 0 Å². The Morgan fingerprint density at radius 1 is 1.38 bits per heavy atom. The third-order valence-electron chi connectivity index (χ3n) is 0. The van der Waals surface area contributed by atoms with E-state index in [1.165, 1.54) is 0 Å². The SMILES string of the molecule is N.O=P([O-])(O)O.P.[K+]. The summed E-state index contributed by atoms with van der Waals surface area (Å²) in [5, 5.41) is 0. The normalized spacial score (nSPS) is 7.38. The molecule has 8 heavy (non-hydrogen) atoms. The Morgan fingerprint density at radius 2 is 1.38 bits per heavy atom. The van der Waals surface area contributed by atoms with Crippen LogP contribution in [-0.2, 0) is 4.57 Å². The second-order valence-electron chi connectivity index (χ2n) is 0.491. The molecular weight excluding hydrogens is 179 g/mol. The molecule has 48 valence electrons. The third-order valence-corrected chi connectivity index (χ3v) is 0. The molecule has 0 aliphatic rings. The van der Waals surface area contributed by atoms with Crippen LogP contribution in [0.25, 0.3) is 0 Å². The van der Waals surface area contributed by atoms with Gasteiger partial charge in [0.1, 0.15) is 0 Å². The molecule has 0 aliphatic heterocycles. The minimum absolute atomic E-state index is 0. The number of hydrogen-bond acceptors (Lipinski definition) is 3. The van der Waals surface area contributed by atoms with Gasteiger partial charge >= 0.3 is 51.4 Å². The molecule has 8 heteroatoms. The van der Waals surface area contributed by atoms with Gasteiger partial charge in [0.2, 0.25) is 0 Å². The fourth-order valence-electron chi connectivity index (χ4n) is 0. The molecule has 0 aromatic carbocycles. The Kier molecular flexibility index (Phi) is 25.7. The van der Waals surface area contributed by atoms with Crippen LogP contribution in [0.5, 0.6) is 0 Å². The summed E-state index contributed by atoms with van der Waals surface area (Å²) < 4.78 is 8.77. The third kappa shape index (κ3) is 90.8. The summed E-state index contributed by atoms with van der Waals surface area (Å²) in [6.45, 7) is 0. The number of hydrogen-bond donors (Lipinski definition) is 3. The van der Waals surface area contributed by atoms with Crippen LogP contribution in [0.4, 0.5) is 0 Å². The molecule has 0 saturated carbocycles. The van der Waals surface area contributed by atoms with Crippen LogP contribution in [0.15, 0.2) is 0 Å². The molecule has 0 rings (SSSR count). The Morgan fingerprint density at radius 3 is 1.38 bits per heavy atom. The molecule has 0 aromatic rings. The van der Waals surface area contributed by atoms with Crippen LogP contribution in [-0.4, -0.2) is 9.79 Å². The van der Waals surface area contributed by atoms with Gasteiger partial charge in [0.05, 0.1) is 0 Å². The molecule has 5 nitrogen and oxygen atoms in total. The Balaban J connectivity index is -0.0000000267. The molecular formula is H8KNO4P2. The Bertz CT molecular complexity index is 60.2. The van der Waals surface area contributed by atoms with E-state index in [1.54, 1.807) is 0 Å². The van der Waals surface area contributed by atoms with Crippen LogP contribution in [0.1, 0.15) is 0 Å². The second kappa shape index (κ2) is 9.14. The van der Waals surface area contributed by atoms with Gasteiger partial charge in [-0.3, -0.25) is 4.57 Å². The first-order valence-corrected chi connectivity index (χ1v) is 2.30. The largest absolute Gasteiger partial charge is 1.00 e. The topological polar surface area (TPSA) is 116 Å². The van der Waals surface area contributed by atoms with Gasteiger partial charge in [-0.25, -0.2) is 0 Å². The van der Waals surface area contributed by atoms with Gasteiger partial charge in [0, 0.05) is 0 Å². The van der Waals surface area contributed by atoms with Crippen molar-refractivity contribution in [1.82, 2.24) is 6.15 Å². The van der Waals surface area contributed by atoms with E-state index in [0.29, 0.717) is 0 Å². The van der Waals surface area contributed by atoms with Crippen molar-refractivity contribution in [3.63, 3.8) is 0 Å². The van der Waals surface area contributed by atoms with E-state index in [2.05, 4.69) is 0 Å². The van der Waals surface area contributed by atoms with E-state index in [-0.39, 0.29) is 67.4 Å². The summed E-state index contributed by atoms with van der Waals surface area (Å²) in [7, 11) is -4.89. The van der Waals surface area contributed by atoms with Gasteiger partial charge in [-0.2, -0.15) is 9.90 Å². The Labute approximate surface area is 93.1 Å². The second-order valence-corrected chi connectivity index (χ2v) is 1.47. The summed E-state index contributed by atoms with van der Waals surface area (Å²) in [4.78, 5) is 22.9. The van der Waals surface area contributed by atoms with Crippen molar-refractivity contribution in [2.45, 2.75) is 0 Å². The van der Waals surface area contributed by atoms with Crippen molar-refractivity contribution in [3.8, 4) is 0 Å². The maximum Gasteiger partial charge on any atom is 1.00 e. The molecule has 0 heterocycles. The monoisotopic (exact) mass is 187 g/mol. The van der Waals surface area contributed by atoms with Crippen molar-refractivity contribution in [2.75, 3.05) is 0 Å². The molecule has 5 N–H and O–H groups in total. The summed E-state index contributed by atoms with van der Waals surface area (Å²) in [5.41, 5.74) is 0. The summed E-state index contributed by atoms with van der Waals surface area (Å²) in [6, 6.07) is 0. The molecule has 0 radical (unpaired) electrons. The van der Waals surface area contributed by atoms with E-state index in [9.17, 15) is 0 Å². The zero-order valence-corrected chi connectivity index (χ0v) is 10.0. The van der Waals surface area contributed by atoms with Gasteiger partial charge < -0.3 is 20.8 Å². The minimum atomic E-state index is -4.89. The van der Waals surface area contributed by atoms with Gasteiger partial charge in [-0.15, -0.1) is 0 Å². The van der Waals surface area contributed by atoms with E-state index < -0.39 is 7.82 Å². The predicted molar refractivity (Wildman–Crippen MR) is 28.2 cm³/mol. The van der Waals surface area contributed by atoms with Crippen molar-refractivity contribution in [2.24, 2.45) is 0 Å². The molecule has 0 saturated heterocycles. The first-order valence-electron chi connectivity index (χ1n) is 0.765. The predicted octanol–water partition coefficient (Wildman–Crippen LogP) is -4.34. The number of phosphoric acid groups is 1. The minimum Gasteiger partial charge on any atom is -0.756 e. The first-order chi connectivity index (χ1) is 2.00. The molecule has 0 aliphatic carbocycles. The van der Waals surface area contributed by atoms with Crippen LogP contribution in [0.3, 0.4) is 0 Å². The standard InChI is InChI=1S/K.H3N.H3O4P.H3P/c;;1-5(2,3)4;/h;1H3;(H3,1,2,3,4);1H3/q+1;;;/p-1. The van der Waals surface area contributed by atoms with E-state index in [4.69, 9.17) is 19.2 Å². The van der Waals surface area contributed by atoms with Crippen molar-refractivity contribution in [1.29, 1.82) is 0 Å². The molecule has 1 atom stereocenters. The van der Waals surface area contributed by atoms with Gasteiger partial charge in [-0.1, -0.05) is 0 Å². The zero-order chi connectivity index (χ0) is 4.50. The van der Waals surface area contributed by atoms with Gasteiger partial charge in [-0.05, 0) is 0 Å². The molecule has 0 bridgehead atoms. The molecule has 1 unspecified atom stereocenters. The zero-order valence-electron chi connectivity index (χ0n) is 4.57. The molecule has 0 aromatic heterocycles. The van der Waals surface area contributed by atoms with Crippen LogP contribution < -0.4 is 62.4 Å². The smallest absolute Gasteiger partial charge is 0.756 e. The fourth-order valence-corrected chi connectivity index (χ4v) is 0. The Hall–Kier alpha value is 2.14. The van der Waals surface area contributed by atoms with Crippen molar-refractivity contribution < 1.29 is 70.6 Å². The summed E-state index contributed by atoms with van der Waals surface area (Å²) in [6.07, 6.45) is 0. The van der Waals surface area contributed by atoms with E-state index in [0.717, 1.165) is 0 Å². The van der Waals surface area contributed by atoms with Crippen LogP contribution in [0.2, 0.25) is 0 Å². The van der Waals surface area contributed by atoms with Gasteiger partial charge in [0.25, 0.3) is 7.82 Å². The first kappa shape index (κ1) is 22.5. The van der Waals surface area contributed by atoms with Crippen LogP contribution >= 0.6 is 17.7 Å². The van der Waals surface area contributed by atoms with E-state index in [1.807, 2.05) is 0 Å². The van der Waals surface area contributed by atoms with Gasteiger partial charge in [0.15, 0.2) is 0 Å². The molecule has 0 spiro atoms. The fraction of sp³-hybridized carbons (Fsp3) is 0. The number of rotatable bonds is 0. The maximum atomic E-state index is 8.77. The quantitative estimate of drug-likeness (QED) is 0.262. The molecule has 0 amide bonds. The summed E-state index contributed by atoms with van der Waals surface area (Å²) in [5.74, 6) is 0. The summed E-state index contributed by atoms with van der Waals surface area (Å²) >= 11 is 0. The van der Waals surface area contributed by atoms with Crippen molar-refractivity contribution >= 4 is 17.7 Å². The molecule has 0 fully saturated rings. The van der Waals surface area contributed by atoms with Crippen LogP contribution in [0, 0.1) is 0 Å².